The number of nitrogens with zero attached hydrogens (tertiary/aromatic N) is 1. The molecule has 0 saturated carbocycles. The molecule has 2 atom stereocenters. The van der Waals surface area contributed by atoms with E-state index >= 15 is 0 Å². The van der Waals surface area contributed by atoms with Crippen LogP contribution in [0.25, 0.3) is 0 Å². The highest BCUT2D eigenvalue weighted by Crippen LogP contribution is 2.44. The summed E-state index contributed by atoms with van der Waals surface area (Å²) in [6.07, 6.45) is 1.87. The Morgan fingerprint density at radius 1 is 1.55 bits per heavy atom. The molecule has 2 aliphatic heterocycles. The van der Waals surface area contributed by atoms with E-state index in [1.807, 2.05) is 20.8 Å². The van der Waals surface area contributed by atoms with Gasteiger partial charge in [0.1, 0.15) is 11.7 Å². The molecule has 0 aromatic carbocycles. The molecule has 6 heteroatoms. The summed E-state index contributed by atoms with van der Waals surface area (Å²) >= 11 is 2.25. The lowest BCUT2D eigenvalue weighted by Crippen LogP contribution is -2.51. The van der Waals surface area contributed by atoms with E-state index in [2.05, 4.69) is 22.6 Å². The monoisotopic (exact) mass is 395 g/mol. The molecule has 0 N–H and O–H groups in total. The minimum Gasteiger partial charge on any atom is -0.461 e. The van der Waals surface area contributed by atoms with Crippen LogP contribution < -0.4 is 0 Å². The second-order valence-corrected chi connectivity index (χ2v) is 7.56. The zero-order chi connectivity index (χ0) is 15.0. The van der Waals surface area contributed by atoms with Gasteiger partial charge in [0.05, 0.1) is 6.42 Å². The summed E-state index contributed by atoms with van der Waals surface area (Å²) in [5, 5.41) is 0. The molecule has 0 radical (unpaired) electrons. The van der Waals surface area contributed by atoms with Crippen LogP contribution in [0.1, 0.15) is 40.0 Å². The van der Waals surface area contributed by atoms with Gasteiger partial charge in [0.25, 0.3) is 0 Å². The van der Waals surface area contributed by atoms with Crippen molar-refractivity contribution in [3.8, 4) is 0 Å². The third kappa shape index (κ3) is 3.38. The van der Waals surface area contributed by atoms with Crippen LogP contribution in [0.3, 0.4) is 0 Å². The Labute approximate surface area is 133 Å². The van der Waals surface area contributed by atoms with Crippen molar-refractivity contribution < 1.29 is 19.1 Å². The molecule has 2 saturated heterocycles. The SMILES string of the molecule is CC(C)(C)OC(=O)N1CCCC2(CC(=O)OC2CI)C1. The van der Waals surface area contributed by atoms with E-state index in [4.69, 9.17) is 9.47 Å². The molecule has 1 spiro atoms. The van der Waals surface area contributed by atoms with Crippen LogP contribution >= 0.6 is 22.6 Å². The van der Waals surface area contributed by atoms with E-state index in [0.717, 1.165) is 17.3 Å². The van der Waals surface area contributed by atoms with Crippen molar-refractivity contribution in [2.75, 3.05) is 17.5 Å². The number of rotatable bonds is 1. The average molecular weight is 395 g/mol. The Bertz CT molecular complexity index is 406. The summed E-state index contributed by atoms with van der Waals surface area (Å²) in [6.45, 7) is 6.83. The number of cyclic esters (lactones) is 1. The molecule has 114 valence electrons. The summed E-state index contributed by atoms with van der Waals surface area (Å²) in [5.41, 5.74) is -0.709. The van der Waals surface area contributed by atoms with E-state index in [1.54, 1.807) is 4.90 Å². The van der Waals surface area contributed by atoms with Crippen LogP contribution in [0.2, 0.25) is 0 Å². The number of carbonyl (C=O) groups is 2. The molecule has 1 amide bonds. The zero-order valence-electron chi connectivity index (χ0n) is 12.3. The van der Waals surface area contributed by atoms with Crippen LogP contribution in [0, 0.1) is 5.41 Å². The molecule has 2 rings (SSSR count). The Balaban J connectivity index is 2.08. The van der Waals surface area contributed by atoms with Gasteiger partial charge < -0.3 is 14.4 Å². The first-order chi connectivity index (χ1) is 9.26. The van der Waals surface area contributed by atoms with Gasteiger partial charge in [-0.3, -0.25) is 4.79 Å². The maximum absolute atomic E-state index is 12.2. The number of piperidine rings is 1. The van der Waals surface area contributed by atoms with Crippen molar-refractivity contribution >= 4 is 34.7 Å². The Morgan fingerprint density at radius 3 is 2.85 bits per heavy atom. The summed E-state index contributed by atoms with van der Waals surface area (Å²) in [6, 6.07) is 0. The predicted octanol–water partition coefficient (Wildman–Crippen LogP) is 2.75. The molecular weight excluding hydrogens is 373 g/mol. The van der Waals surface area contributed by atoms with Crippen molar-refractivity contribution in [1.29, 1.82) is 0 Å². The number of alkyl halides is 1. The topological polar surface area (TPSA) is 55.8 Å². The van der Waals surface area contributed by atoms with Crippen LogP contribution in [-0.2, 0) is 14.3 Å². The fraction of sp³-hybridized carbons (Fsp3) is 0.857. The van der Waals surface area contributed by atoms with E-state index in [9.17, 15) is 9.59 Å². The first-order valence-electron chi connectivity index (χ1n) is 6.99. The summed E-state index contributed by atoms with van der Waals surface area (Å²) in [4.78, 5) is 25.6. The third-order valence-electron chi connectivity index (χ3n) is 3.85. The first kappa shape index (κ1) is 15.9. The summed E-state index contributed by atoms with van der Waals surface area (Å²) < 4.78 is 11.6. The van der Waals surface area contributed by atoms with Crippen molar-refractivity contribution in [3.63, 3.8) is 0 Å². The van der Waals surface area contributed by atoms with Crippen LogP contribution in [0.5, 0.6) is 0 Å². The van der Waals surface area contributed by atoms with E-state index in [1.165, 1.54) is 0 Å². The van der Waals surface area contributed by atoms with Crippen LogP contribution in [0.15, 0.2) is 0 Å². The minimum absolute atomic E-state index is 0.0826. The maximum atomic E-state index is 12.2. The number of halogens is 1. The Kier molecular flexibility index (Phi) is 4.51. The highest BCUT2D eigenvalue weighted by Gasteiger charge is 2.51. The first-order valence-corrected chi connectivity index (χ1v) is 8.52. The maximum Gasteiger partial charge on any atom is 0.410 e. The van der Waals surface area contributed by atoms with Gasteiger partial charge in [-0.1, -0.05) is 22.6 Å². The Hall–Kier alpha value is -0.530. The molecule has 2 unspecified atom stereocenters. The molecule has 2 fully saturated rings. The smallest absolute Gasteiger partial charge is 0.410 e. The lowest BCUT2D eigenvalue weighted by Gasteiger charge is -2.41. The van der Waals surface area contributed by atoms with Gasteiger partial charge in [-0.25, -0.2) is 4.79 Å². The molecule has 0 aliphatic carbocycles. The van der Waals surface area contributed by atoms with E-state index in [0.29, 0.717) is 19.5 Å². The normalized spacial score (nSPS) is 30.5. The highest BCUT2D eigenvalue weighted by atomic mass is 127. The third-order valence-corrected chi connectivity index (χ3v) is 4.65. The lowest BCUT2D eigenvalue weighted by molar-refractivity contribution is -0.140. The van der Waals surface area contributed by atoms with Gasteiger partial charge in [0, 0.05) is 22.9 Å². The summed E-state index contributed by atoms with van der Waals surface area (Å²) in [5.74, 6) is -0.141. The zero-order valence-corrected chi connectivity index (χ0v) is 14.4. The van der Waals surface area contributed by atoms with Gasteiger partial charge in [0.2, 0.25) is 0 Å². The molecular formula is C14H22INO4. The number of hydrogen-bond acceptors (Lipinski definition) is 4. The number of amides is 1. The number of carbonyl (C=O) groups excluding carboxylic acids is 2. The lowest BCUT2D eigenvalue weighted by atomic mass is 9.75. The fourth-order valence-corrected chi connectivity index (χ4v) is 4.09. The molecule has 0 aromatic heterocycles. The second kappa shape index (κ2) is 5.69. The molecule has 0 aromatic rings. The van der Waals surface area contributed by atoms with E-state index in [-0.39, 0.29) is 23.6 Å². The number of ether oxygens (including phenoxy) is 2. The quantitative estimate of drug-likeness (QED) is 0.389. The van der Waals surface area contributed by atoms with Gasteiger partial charge in [-0.2, -0.15) is 0 Å². The number of likely N-dealkylation sites (tertiary alicyclic amines) is 1. The largest absolute Gasteiger partial charge is 0.461 e. The van der Waals surface area contributed by atoms with Gasteiger partial charge in [-0.05, 0) is 33.6 Å². The van der Waals surface area contributed by atoms with Gasteiger partial charge in [-0.15, -0.1) is 0 Å². The molecule has 2 heterocycles. The molecule has 20 heavy (non-hydrogen) atoms. The molecule has 0 bridgehead atoms. The van der Waals surface area contributed by atoms with Gasteiger partial charge >= 0.3 is 12.1 Å². The number of esters is 1. The molecule has 5 nitrogen and oxygen atoms in total. The van der Waals surface area contributed by atoms with Crippen molar-refractivity contribution in [2.45, 2.75) is 51.7 Å². The minimum atomic E-state index is -0.494. The molecule has 2 aliphatic rings. The van der Waals surface area contributed by atoms with Crippen molar-refractivity contribution in [1.82, 2.24) is 4.90 Å². The second-order valence-electron chi connectivity index (χ2n) is 6.68. The average Bonchev–Trinajstić information content (AvgIpc) is 2.63. The van der Waals surface area contributed by atoms with Crippen molar-refractivity contribution in [2.24, 2.45) is 5.41 Å². The highest BCUT2D eigenvalue weighted by molar-refractivity contribution is 14.1. The van der Waals surface area contributed by atoms with Crippen LogP contribution in [-0.4, -0.2) is 46.2 Å². The van der Waals surface area contributed by atoms with Gasteiger partial charge in [0.15, 0.2) is 0 Å². The Morgan fingerprint density at radius 2 is 2.25 bits per heavy atom. The fourth-order valence-electron chi connectivity index (χ4n) is 2.97. The standard InChI is InChI=1S/C14H22INO4/c1-13(2,3)20-12(18)16-6-4-5-14(9-16)7-11(17)19-10(14)8-15/h10H,4-9H2,1-3H3. The van der Waals surface area contributed by atoms with Crippen LogP contribution in [0.4, 0.5) is 4.79 Å². The predicted molar refractivity (Wildman–Crippen MR) is 82.9 cm³/mol. The number of hydrogen-bond donors (Lipinski definition) is 0. The van der Waals surface area contributed by atoms with E-state index < -0.39 is 5.60 Å². The van der Waals surface area contributed by atoms with Crippen molar-refractivity contribution in [3.05, 3.63) is 0 Å². The summed E-state index contributed by atoms with van der Waals surface area (Å²) in [7, 11) is 0.